The second-order valence-electron chi connectivity index (χ2n) is 7.27. The molecule has 1 N–H and O–H groups in total. The molecule has 1 unspecified atom stereocenters. The minimum Gasteiger partial charge on any atom is -0.465 e. The second-order valence-corrected chi connectivity index (χ2v) is 7.27. The lowest BCUT2D eigenvalue weighted by Gasteiger charge is -2.33. The summed E-state index contributed by atoms with van der Waals surface area (Å²) < 4.78 is 16.6. The third kappa shape index (κ3) is 4.58. The Kier molecular flexibility index (Phi) is 5.78. The van der Waals surface area contributed by atoms with Gasteiger partial charge >= 0.3 is 0 Å². The van der Waals surface area contributed by atoms with Gasteiger partial charge in [-0.3, -0.25) is 9.69 Å². The summed E-state index contributed by atoms with van der Waals surface area (Å²) in [6.45, 7) is 7.28. The van der Waals surface area contributed by atoms with E-state index in [-0.39, 0.29) is 17.7 Å². The molecule has 7 heteroatoms. The van der Waals surface area contributed by atoms with Crippen LogP contribution in [-0.2, 0) is 4.74 Å². The van der Waals surface area contributed by atoms with Gasteiger partial charge in [0.2, 0.25) is 5.76 Å². The topological polar surface area (TPSA) is 80.7 Å². The number of furan rings is 1. The molecule has 3 heterocycles. The monoisotopic (exact) mass is 395 g/mol. The van der Waals surface area contributed by atoms with E-state index >= 15 is 0 Å². The van der Waals surface area contributed by atoms with Crippen molar-refractivity contribution in [2.75, 3.05) is 32.8 Å². The van der Waals surface area contributed by atoms with Crippen LogP contribution in [0.3, 0.4) is 0 Å². The molecule has 1 aliphatic rings. The van der Waals surface area contributed by atoms with Crippen molar-refractivity contribution < 1.29 is 18.5 Å². The second kappa shape index (κ2) is 8.63. The van der Waals surface area contributed by atoms with Gasteiger partial charge in [0.15, 0.2) is 0 Å². The van der Waals surface area contributed by atoms with E-state index in [1.165, 1.54) is 0 Å². The molecule has 1 fully saturated rings. The highest BCUT2D eigenvalue weighted by Crippen LogP contribution is 2.24. The lowest BCUT2D eigenvalue weighted by atomic mass is 10.1. The smallest absolute Gasteiger partial charge is 0.289 e. The van der Waals surface area contributed by atoms with Gasteiger partial charge in [-0.05, 0) is 26.0 Å². The number of nitrogens with one attached hydrogen (secondary N) is 1. The molecule has 2 aromatic heterocycles. The van der Waals surface area contributed by atoms with Crippen LogP contribution in [0.5, 0.6) is 0 Å². The largest absolute Gasteiger partial charge is 0.465 e. The number of hydrogen-bond acceptors (Lipinski definition) is 6. The first-order valence-corrected chi connectivity index (χ1v) is 9.80. The molecule has 1 amide bonds. The van der Waals surface area contributed by atoms with Gasteiger partial charge in [0.25, 0.3) is 5.91 Å². The fourth-order valence-corrected chi connectivity index (χ4v) is 3.45. The lowest BCUT2D eigenvalue weighted by Crippen LogP contribution is -2.43. The molecule has 1 saturated heterocycles. The molecule has 1 atom stereocenters. The number of benzene rings is 1. The van der Waals surface area contributed by atoms with Gasteiger partial charge < -0.3 is 19.0 Å². The van der Waals surface area contributed by atoms with E-state index in [4.69, 9.17) is 13.7 Å². The van der Waals surface area contributed by atoms with Crippen LogP contribution in [-0.4, -0.2) is 48.8 Å². The number of rotatable bonds is 6. The predicted octanol–water partition coefficient (Wildman–Crippen LogP) is 3.35. The summed E-state index contributed by atoms with van der Waals surface area (Å²) in [4.78, 5) is 14.9. The lowest BCUT2D eigenvalue weighted by molar-refractivity contribution is 0.0116. The van der Waals surface area contributed by atoms with Crippen LogP contribution < -0.4 is 5.32 Å². The third-order valence-corrected chi connectivity index (χ3v) is 5.11. The summed E-state index contributed by atoms with van der Waals surface area (Å²) in [6.07, 6.45) is 0. The molecule has 1 aliphatic heterocycles. The number of carbonyl (C=O) groups is 1. The van der Waals surface area contributed by atoms with Crippen LogP contribution in [0.4, 0.5) is 0 Å². The van der Waals surface area contributed by atoms with Crippen molar-refractivity contribution in [3.8, 4) is 11.3 Å². The fraction of sp³-hybridized carbons (Fsp3) is 0.364. The first-order valence-electron chi connectivity index (χ1n) is 9.80. The van der Waals surface area contributed by atoms with Crippen molar-refractivity contribution >= 4 is 5.91 Å². The van der Waals surface area contributed by atoms with Crippen molar-refractivity contribution in [2.24, 2.45) is 0 Å². The Labute approximate surface area is 169 Å². The van der Waals surface area contributed by atoms with Gasteiger partial charge in [0.1, 0.15) is 17.2 Å². The highest BCUT2D eigenvalue weighted by Gasteiger charge is 2.26. The summed E-state index contributed by atoms with van der Waals surface area (Å²) in [5.74, 6) is 1.58. The van der Waals surface area contributed by atoms with E-state index in [1.807, 2.05) is 50.2 Å². The van der Waals surface area contributed by atoms with Crippen LogP contribution in [0.2, 0.25) is 0 Å². The van der Waals surface area contributed by atoms with Gasteiger partial charge in [-0.2, -0.15) is 0 Å². The number of aryl methyl sites for hydroxylation is 2. The molecular weight excluding hydrogens is 370 g/mol. The molecule has 4 rings (SSSR count). The van der Waals surface area contributed by atoms with Crippen LogP contribution in [0.1, 0.15) is 33.7 Å². The van der Waals surface area contributed by atoms with Gasteiger partial charge in [0.05, 0.1) is 19.3 Å². The Balaban J connectivity index is 1.44. The zero-order chi connectivity index (χ0) is 20.2. The minimum absolute atomic E-state index is 0.0592. The van der Waals surface area contributed by atoms with E-state index in [1.54, 1.807) is 6.07 Å². The molecule has 152 valence electrons. The van der Waals surface area contributed by atoms with Crippen molar-refractivity contribution in [1.29, 1.82) is 0 Å². The fourth-order valence-electron chi connectivity index (χ4n) is 3.45. The Morgan fingerprint density at radius 3 is 2.59 bits per heavy atom. The number of hydrogen-bond donors (Lipinski definition) is 1. The van der Waals surface area contributed by atoms with Crippen molar-refractivity contribution in [2.45, 2.75) is 19.9 Å². The van der Waals surface area contributed by atoms with Crippen molar-refractivity contribution in [1.82, 2.24) is 15.4 Å². The molecule has 0 saturated carbocycles. The molecular formula is C22H25N3O4. The zero-order valence-electron chi connectivity index (χ0n) is 16.7. The number of amides is 1. The average Bonchev–Trinajstić information content (AvgIpc) is 3.39. The maximum Gasteiger partial charge on any atom is 0.289 e. The summed E-state index contributed by atoms with van der Waals surface area (Å²) >= 11 is 0. The summed E-state index contributed by atoms with van der Waals surface area (Å²) in [5, 5.41) is 7.00. The zero-order valence-corrected chi connectivity index (χ0v) is 16.7. The van der Waals surface area contributed by atoms with Crippen LogP contribution in [0.25, 0.3) is 11.3 Å². The number of nitrogens with zero attached hydrogens (tertiary/aromatic N) is 2. The van der Waals surface area contributed by atoms with Crippen molar-refractivity contribution in [3.63, 3.8) is 0 Å². The van der Waals surface area contributed by atoms with Crippen LogP contribution in [0, 0.1) is 13.8 Å². The van der Waals surface area contributed by atoms with E-state index in [0.29, 0.717) is 25.5 Å². The summed E-state index contributed by atoms with van der Waals surface area (Å²) in [5.41, 5.74) is 2.72. The Morgan fingerprint density at radius 1 is 1.14 bits per heavy atom. The standard InChI is InChI=1S/C22H25N3O4/c1-15-3-6-17(7-4-15)18-13-21(29-24-18)22(26)23-14-19(20-8-5-16(2)28-20)25-9-11-27-12-10-25/h3-8,13,19H,9-12,14H2,1-2H3,(H,23,26). The quantitative estimate of drug-likeness (QED) is 0.689. The molecule has 1 aromatic carbocycles. The third-order valence-electron chi connectivity index (χ3n) is 5.11. The average molecular weight is 395 g/mol. The first-order chi connectivity index (χ1) is 14.1. The number of ether oxygens (including phenoxy) is 1. The Morgan fingerprint density at radius 2 is 1.90 bits per heavy atom. The van der Waals surface area contributed by atoms with Crippen LogP contribution >= 0.6 is 0 Å². The number of morpholine rings is 1. The van der Waals surface area contributed by atoms with Gasteiger partial charge in [-0.1, -0.05) is 35.0 Å². The predicted molar refractivity (Wildman–Crippen MR) is 108 cm³/mol. The van der Waals surface area contributed by atoms with E-state index in [0.717, 1.165) is 35.7 Å². The molecule has 0 radical (unpaired) electrons. The maximum atomic E-state index is 12.6. The van der Waals surface area contributed by atoms with E-state index in [9.17, 15) is 4.79 Å². The normalized spacial score (nSPS) is 15.9. The van der Waals surface area contributed by atoms with Gasteiger partial charge in [0, 0.05) is 31.3 Å². The summed E-state index contributed by atoms with van der Waals surface area (Å²) in [7, 11) is 0. The SMILES string of the molecule is Cc1ccc(-c2cc(C(=O)NCC(c3ccc(C)o3)N3CCOCC3)on2)cc1. The molecule has 29 heavy (non-hydrogen) atoms. The Hall–Kier alpha value is -2.90. The Bertz CT molecular complexity index is 955. The number of carbonyl (C=O) groups excluding carboxylic acids is 1. The highest BCUT2D eigenvalue weighted by molar-refractivity contribution is 5.92. The van der Waals surface area contributed by atoms with Crippen LogP contribution in [0.15, 0.2) is 51.4 Å². The van der Waals surface area contributed by atoms with Gasteiger partial charge in [-0.25, -0.2) is 0 Å². The molecule has 7 nitrogen and oxygen atoms in total. The highest BCUT2D eigenvalue weighted by atomic mass is 16.5. The number of aromatic nitrogens is 1. The van der Waals surface area contributed by atoms with E-state index < -0.39 is 0 Å². The minimum atomic E-state index is -0.294. The molecule has 3 aromatic rings. The molecule has 0 bridgehead atoms. The van der Waals surface area contributed by atoms with E-state index in [2.05, 4.69) is 15.4 Å². The first kappa shape index (κ1) is 19.4. The van der Waals surface area contributed by atoms with Crippen molar-refractivity contribution in [3.05, 3.63) is 65.3 Å². The molecule has 0 aliphatic carbocycles. The summed E-state index contributed by atoms with van der Waals surface area (Å²) in [6, 6.07) is 13.4. The maximum absolute atomic E-state index is 12.6. The molecule has 0 spiro atoms. The van der Waals surface area contributed by atoms with Gasteiger partial charge in [-0.15, -0.1) is 0 Å².